The van der Waals surface area contributed by atoms with Gasteiger partial charge in [-0.3, -0.25) is 4.79 Å². The van der Waals surface area contributed by atoms with Gasteiger partial charge in [0.2, 0.25) is 5.91 Å². The Morgan fingerprint density at radius 3 is 2.65 bits per heavy atom. The number of nitrogens with one attached hydrogen (secondary N) is 2. The lowest BCUT2D eigenvalue weighted by atomic mass is 9.92. The van der Waals surface area contributed by atoms with Crippen LogP contribution < -0.4 is 10.6 Å². The molecule has 0 atom stereocenters. The molecule has 0 bridgehead atoms. The largest absolute Gasteiger partial charge is 0.350 e. The van der Waals surface area contributed by atoms with E-state index in [2.05, 4.69) is 49.6 Å². The highest BCUT2D eigenvalue weighted by molar-refractivity contribution is 5.78. The third kappa shape index (κ3) is 4.97. The molecule has 2 N–H and O–H groups in total. The topological polar surface area (TPSA) is 41.1 Å². The van der Waals surface area contributed by atoms with Gasteiger partial charge < -0.3 is 10.6 Å². The van der Waals surface area contributed by atoms with Gasteiger partial charge in [-0.05, 0) is 63.6 Å². The third-order valence-corrected chi connectivity index (χ3v) is 3.79. The van der Waals surface area contributed by atoms with Crippen LogP contribution in [0.3, 0.4) is 0 Å². The smallest absolute Gasteiger partial charge is 0.234 e. The van der Waals surface area contributed by atoms with Gasteiger partial charge in [0.25, 0.3) is 0 Å². The number of amides is 1. The van der Waals surface area contributed by atoms with E-state index in [0.29, 0.717) is 6.54 Å². The number of hydrogen-bond donors (Lipinski definition) is 2. The summed E-state index contributed by atoms with van der Waals surface area (Å²) in [6.07, 6.45) is 3.48. The van der Waals surface area contributed by atoms with Crippen LogP contribution in [0.4, 0.5) is 0 Å². The quantitative estimate of drug-likeness (QED) is 0.802. The zero-order chi connectivity index (χ0) is 14.6. The van der Waals surface area contributed by atoms with Gasteiger partial charge >= 0.3 is 0 Å². The molecular weight excluding hydrogens is 248 g/mol. The van der Waals surface area contributed by atoms with E-state index in [9.17, 15) is 4.79 Å². The Bertz CT molecular complexity index is 464. The maximum Gasteiger partial charge on any atom is 0.234 e. The monoisotopic (exact) mass is 274 g/mol. The lowest BCUT2D eigenvalue weighted by Crippen LogP contribution is -2.48. The average molecular weight is 274 g/mol. The van der Waals surface area contributed by atoms with Crippen LogP contribution in [0.15, 0.2) is 24.3 Å². The number of benzene rings is 1. The van der Waals surface area contributed by atoms with Crippen LogP contribution in [-0.4, -0.2) is 24.5 Å². The Labute approximate surface area is 122 Å². The number of carbonyl (C=O) groups excluding carboxylic acids is 1. The molecule has 3 heteroatoms. The SMILES string of the molecule is Cc1ccccc1CC(C)(C)NC(=O)CNCC1CC1. The summed E-state index contributed by atoms with van der Waals surface area (Å²) in [5.41, 5.74) is 2.36. The second-order valence-corrected chi connectivity index (χ2v) is 6.61. The van der Waals surface area contributed by atoms with Gasteiger partial charge in [0.15, 0.2) is 0 Å². The molecule has 110 valence electrons. The maximum atomic E-state index is 12.0. The standard InChI is InChI=1S/C17H26N2O/c1-13-6-4-5-7-15(13)10-17(2,3)19-16(20)12-18-11-14-8-9-14/h4-7,14,18H,8-12H2,1-3H3,(H,19,20). The summed E-state index contributed by atoms with van der Waals surface area (Å²) >= 11 is 0. The average Bonchev–Trinajstić information content (AvgIpc) is 3.15. The fourth-order valence-corrected chi connectivity index (χ4v) is 2.46. The van der Waals surface area contributed by atoms with E-state index in [1.807, 2.05) is 6.07 Å². The third-order valence-electron chi connectivity index (χ3n) is 3.79. The lowest BCUT2D eigenvalue weighted by Gasteiger charge is -2.27. The second-order valence-electron chi connectivity index (χ2n) is 6.61. The van der Waals surface area contributed by atoms with E-state index >= 15 is 0 Å². The molecule has 1 saturated carbocycles. The molecule has 0 spiro atoms. The summed E-state index contributed by atoms with van der Waals surface area (Å²) in [5.74, 6) is 0.895. The van der Waals surface area contributed by atoms with Crippen molar-refractivity contribution in [3.63, 3.8) is 0 Å². The van der Waals surface area contributed by atoms with Crippen molar-refractivity contribution in [3.8, 4) is 0 Å². The summed E-state index contributed by atoms with van der Waals surface area (Å²) < 4.78 is 0. The summed E-state index contributed by atoms with van der Waals surface area (Å²) in [6, 6.07) is 8.35. The molecule has 0 aliphatic heterocycles. The molecule has 1 aliphatic rings. The molecule has 0 unspecified atom stereocenters. The first-order valence-corrected chi connectivity index (χ1v) is 7.52. The summed E-state index contributed by atoms with van der Waals surface area (Å²) in [6.45, 7) is 7.68. The van der Waals surface area contributed by atoms with Crippen LogP contribution in [0.25, 0.3) is 0 Å². The maximum absolute atomic E-state index is 12.0. The van der Waals surface area contributed by atoms with Gasteiger partial charge in [0.05, 0.1) is 6.54 Å². The predicted molar refractivity (Wildman–Crippen MR) is 82.7 cm³/mol. The van der Waals surface area contributed by atoms with Crippen molar-refractivity contribution in [2.24, 2.45) is 5.92 Å². The van der Waals surface area contributed by atoms with Crippen molar-refractivity contribution < 1.29 is 4.79 Å². The molecule has 20 heavy (non-hydrogen) atoms. The Hall–Kier alpha value is -1.35. The Balaban J connectivity index is 1.79. The molecule has 1 aliphatic carbocycles. The van der Waals surface area contributed by atoms with Crippen LogP contribution >= 0.6 is 0 Å². The first kappa shape index (κ1) is 15.0. The van der Waals surface area contributed by atoms with Gasteiger partial charge in [-0.2, -0.15) is 0 Å². The van der Waals surface area contributed by atoms with Crippen molar-refractivity contribution in [3.05, 3.63) is 35.4 Å². The van der Waals surface area contributed by atoms with Crippen LogP contribution in [0.2, 0.25) is 0 Å². The predicted octanol–water partition coefficient (Wildman–Crippen LogP) is 2.43. The zero-order valence-corrected chi connectivity index (χ0v) is 12.8. The van der Waals surface area contributed by atoms with Gasteiger partial charge in [0.1, 0.15) is 0 Å². The molecule has 0 saturated heterocycles. The Kier molecular flexibility index (Phi) is 4.81. The number of rotatable bonds is 7. The Morgan fingerprint density at radius 2 is 2.00 bits per heavy atom. The first-order valence-electron chi connectivity index (χ1n) is 7.52. The highest BCUT2D eigenvalue weighted by Crippen LogP contribution is 2.27. The van der Waals surface area contributed by atoms with E-state index in [1.54, 1.807) is 0 Å². The fraction of sp³-hybridized carbons (Fsp3) is 0.588. The van der Waals surface area contributed by atoms with Gasteiger partial charge in [-0.25, -0.2) is 0 Å². The molecule has 1 aromatic rings. The summed E-state index contributed by atoms with van der Waals surface area (Å²) in [5, 5.41) is 6.36. The van der Waals surface area contributed by atoms with E-state index in [1.165, 1.54) is 24.0 Å². The van der Waals surface area contributed by atoms with Crippen LogP contribution in [0.1, 0.15) is 37.8 Å². The highest BCUT2D eigenvalue weighted by atomic mass is 16.2. The van der Waals surface area contributed by atoms with E-state index in [0.717, 1.165) is 18.9 Å². The van der Waals surface area contributed by atoms with Gasteiger partial charge in [-0.15, -0.1) is 0 Å². The molecule has 0 aromatic heterocycles. The van der Waals surface area contributed by atoms with Crippen molar-refractivity contribution >= 4 is 5.91 Å². The minimum absolute atomic E-state index is 0.0873. The molecule has 1 amide bonds. The molecule has 0 radical (unpaired) electrons. The van der Waals surface area contributed by atoms with Crippen LogP contribution in [0, 0.1) is 12.8 Å². The van der Waals surface area contributed by atoms with Crippen molar-refractivity contribution in [2.75, 3.05) is 13.1 Å². The lowest BCUT2D eigenvalue weighted by molar-refractivity contribution is -0.121. The fourth-order valence-electron chi connectivity index (χ4n) is 2.46. The van der Waals surface area contributed by atoms with Crippen LogP contribution in [-0.2, 0) is 11.2 Å². The summed E-state index contributed by atoms with van der Waals surface area (Å²) in [7, 11) is 0. The highest BCUT2D eigenvalue weighted by Gasteiger charge is 2.23. The minimum atomic E-state index is -0.218. The zero-order valence-electron chi connectivity index (χ0n) is 12.8. The van der Waals surface area contributed by atoms with Gasteiger partial charge in [0, 0.05) is 5.54 Å². The normalized spacial score (nSPS) is 15.2. The molecule has 1 aromatic carbocycles. The second kappa shape index (κ2) is 6.40. The van der Waals surface area contributed by atoms with Crippen molar-refractivity contribution in [1.29, 1.82) is 0 Å². The van der Waals surface area contributed by atoms with E-state index < -0.39 is 0 Å². The van der Waals surface area contributed by atoms with Crippen molar-refractivity contribution in [1.82, 2.24) is 10.6 Å². The number of aryl methyl sites for hydroxylation is 1. The number of carbonyl (C=O) groups is 1. The Morgan fingerprint density at radius 1 is 1.30 bits per heavy atom. The number of hydrogen-bond acceptors (Lipinski definition) is 2. The van der Waals surface area contributed by atoms with E-state index in [-0.39, 0.29) is 11.4 Å². The van der Waals surface area contributed by atoms with Crippen molar-refractivity contribution in [2.45, 2.75) is 45.6 Å². The molecule has 1 fully saturated rings. The first-order chi connectivity index (χ1) is 9.46. The summed E-state index contributed by atoms with van der Waals surface area (Å²) in [4.78, 5) is 12.0. The van der Waals surface area contributed by atoms with Crippen LogP contribution in [0.5, 0.6) is 0 Å². The minimum Gasteiger partial charge on any atom is -0.350 e. The van der Waals surface area contributed by atoms with Gasteiger partial charge in [-0.1, -0.05) is 24.3 Å². The molecule has 3 nitrogen and oxygen atoms in total. The molecule has 2 rings (SSSR count). The molecular formula is C17H26N2O. The van der Waals surface area contributed by atoms with E-state index in [4.69, 9.17) is 0 Å². The molecule has 0 heterocycles.